The molecule has 1 aliphatic rings. The van der Waals surface area contributed by atoms with Crippen LogP contribution < -0.4 is 4.90 Å². The van der Waals surface area contributed by atoms with Crippen molar-refractivity contribution in [1.82, 2.24) is 9.97 Å². The Morgan fingerprint density at radius 2 is 1.82 bits per heavy atom. The van der Waals surface area contributed by atoms with E-state index in [1.807, 2.05) is 18.2 Å². The predicted molar refractivity (Wildman–Crippen MR) is 85.4 cm³/mol. The summed E-state index contributed by atoms with van der Waals surface area (Å²) in [6, 6.07) is 14.3. The lowest BCUT2D eigenvalue weighted by Crippen LogP contribution is -2.28. The van der Waals surface area contributed by atoms with Crippen molar-refractivity contribution in [3.8, 4) is 0 Å². The molecule has 108 valence electrons. The second kappa shape index (κ2) is 4.86. The van der Waals surface area contributed by atoms with E-state index in [1.165, 1.54) is 4.90 Å². The van der Waals surface area contributed by atoms with Crippen LogP contribution >= 0.6 is 15.9 Å². The number of carbonyl (C=O) groups is 1. The summed E-state index contributed by atoms with van der Waals surface area (Å²) >= 11 is 3.31. The van der Waals surface area contributed by atoms with Gasteiger partial charge in [0.25, 0.3) is 5.91 Å². The average Bonchev–Trinajstić information content (AvgIpc) is 2.79. The molecular weight excluding hydrogens is 346 g/mol. The molecule has 3 aromatic rings. The van der Waals surface area contributed by atoms with Crippen LogP contribution in [0.3, 0.4) is 0 Å². The highest BCUT2D eigenvalue weighted by atomic mass is 79.9. The zero-order valence-electron chi connectivity index (χ0n) is 11.3. The van der Waals surface area contributed by atoms with Gasteiger partial charge in [0.2, 0.25) is 0 Å². The molecular formula is C16H10BrN3O2. The maximum absolute atomic E-state index is 12.5. The molecule has 5 nitrogen and oxygen atoms in total. The molecule has 1 unspecified atom stereocenters. The molecule has 4 rings (SSSR count). The topological polar surface area (TPSA) is 66.3 Å². The first-order valence-corrected chi connectivity index (χ1v) is 7.48. The molecule has 0 fully saturated rings. The molecule has 0 spiro atoms. The zero-order chi connectivity index (χ0) is 15.3. The van der Waals surface area contributed by atoms with Gasteiger partial charge in [-0.2, -0.15) is 0 Å². The number of fused-ring (bicyclic) bond motifs is 2. The van der Waals surface area contributed by atoms with E-state index >= 15 is 0 Å². The van der Waals surface area contributed by atoms with Crippen molar-refractivity contribution in [3.05, 3.63) is 64.3 Å². The molecule has 6 heteroatoms. The Kier molecular flexibility index (Phi) is 2.95. The van der Waals surface area contributed by atoms with E-state index in [1.54, 1.807) is 30.3 Å². The highest BCUT2D eigenvalue weighted by Crippen LogP contribution is 2.35. The van der Waals surface area contributed by atoms with Crippen molar-refractivity contribution in [2.24, 2.45) is 0 Å². The number of hydrogen-bond donors (Lipinski definition) is 1. The fourth-order valence-corrected chi connectivity index (χ4v) is 2.93. The Labute approximate surface area is 134 Å². The largest absolute Gasteiger partial charge is 0.369 e. The minimum absolute atomic E-state index is 0.259. The summed E-state index contributed by atoms with van der Waals surface area (Å²) in [7, 11) is 0. The maximum Gasteiger partial charge on any atom is 0.262 e. The zero-order valence-corrected chi connectivity index (χ0v) is 12.9. The summed E-state index contributed by atoms with van der Waals surface area (Å²) in [5, 5.41) is 11.3. The molecule has 0 saturated carbocycles. The van der Waals surface area contributed by atoms with Crippen LogP contribution in [0.1, 0.15) is 22.1 Å². The minimum Gasteiger partial charge on any atom is -0.369 e. The summed E-state index contributed by atoms with van der Waals surface area (Å²) in [6.45, 7) is 0. The van der Waals surface area contributed by atoms with Crippen molar-refractivity contribution in [3.63, 3.8) is 0 Å². The fourth-order valence-electron chi connectivity index (χ4n) is 2.63. The predicted octanol–water partition coefficient (Wildman–Crippen LogP) is 3.04. The third kappa shape index (κ3) is 1.92. The number of rotatable bonds is 1. The quantitative estimate of drug-likeness (QED) is 0.681. The number of anilines is 1. The number of aromatic nitrogens is 2. The van der Waals surface area contributed by atoms with Crippen LogP contribution in [0.4, 0.5) is 5.82 Å². The first-order valence-electron chi connectivity index (χ1n) is 6.69. The van der Waals surface area contributed by atoms with Crippen LogP contribution in [0.5, 0.6) is 0 Å². The van der Waals surface area contributed by atoms with Gasteiger partial charge in [-0.05, 0) is 46.3 Å². The third-order valence-electron chi connectivity index (χ3n) is 3.68. The molecule has 3 heterocycles. The highest BCUT2D eigenvalue weighted by molar-refractivity contribution is 9.10. The van der Waals surface area contributed by atoms with Gasteiger partial charge in [-0.3, -0.25) is 9.69 Å². The lowest BCUT2D eigenvalue weighted by Gasteiger charge is -2.19. The third-order valence-corrected chi connectivity index (χ3v) is 4.12. The van der Waals surface area contributed by atoms with Gasteiger partial charge in [0, 0.05) is 16.5 Å². The maximum atomic E-state index is 12.5. The van der Waals surface area contributed by atoms with Gasteiger partial charge in [0.1, 0.15) is 10.4 Å². The Hall–Kier alpha value is -2.31. The molecule has 0 radical (unpaired) electrons. The van der Waals surface area contributed by atoms with E-state index in [9.17, 15) is 9.90 Å². The van der Waals surface area contributed by atoms with Crippen molar-refractivity contribution in [2.45, 2.75) is 6.23 Å². The molecule has 2 aromatic heterocycles. The lowest BCUT2D eigenvalue weighted by atomic mass is 10.1. The average molecular weight is 356 g/mol. The number of carbonyl (C=O) groups excluding carboxylic acids is 1. The lowest BCUT2D eigenvalue weighted by molar-refractivity contribution is 0.0933. The summed E-state index contributed by atoms with van der Waals surface area (Å²) in [5.41, 5.74) is 1.61. The number of aliphatic hydroxyl groups is 1. The van der Waals surface area contributed by atoms with Gasteiger partial charge in [-0.25, -0.2) is 9.97 Å². The van der Waals surface area contributed by atoms with E-state index in [0.29, 0.717) is 27.2 Å². The van der Waals surface area contributed by atoms with Gasteiger partial charge in [0.05, 0.1) is 0 Å². The van der Waals surface area contributed by atoms with Gasteiger partial charge < -0.3 is 5.11 Å². The number of hydrogen-bond acceptors (Lipinski definition) is 4. The summed E-state index contributed by atoms with van der Waals surface area (Å²) in [6.07, 6.45) is -1.03. The van der Waals surface area contributed by atoms with E-state index in [4.69, 9.17) is 0 Å². The van der Waals surface area contributed by atoms with E-state index in [2.05, 4.69) is 25.9 Å². The van der Waals surface area contributed by atoms with E-state index in [0.717, 1.165) is 5.39 Å². The van der Waals surface area contributed by atoms with Crippen LogP contribution in [-0.4, -0.2) is 21.0 Å². The smallest absolute Gasteiger partial charge is 0.262 e. The van der Waals surface area contributed by atoms with Crippen LogP contribution in [0, 0.1) is 0 Å². The summed E-state index contributed by atoms with van der Waals surface area (Å²) in [4.78, 5) is 22.5. The minimum atomic E-state index is -1.03. The van der Waals surface area contributed by atoms with Gasteiger partial charge in [0.15, 0.2) is 11.9 Å². The number of aliphatic hydroxyl groups excluding tert-OH is 1. The van der Waals surface area contributed by atoms with Crippen molar-refractivity contribution in [2.75, 3.05) is 4.90 Å². The number of pyridine rings is 2. The summed E-state index contributed by atoms with van der Waals surface area (Å²) in [5.74, 6) is 0.122. The number of halogens is 1. The fraction of sp³-hybridized carbons (Fsp3) is 0.0625. The standard InChI is InChI=1S/C16H10BrN3O2/c17-12-7-5-9-6-8-13(19-14(9)18-12)20-15(21)10-3-1-2-4-11(10)16(20)22/h1-8,15,21H. The van der Waals surface area contributed by atoms with Crippen LogP contribution in [0.2, 0.25) is 0 Å². The highest BCUT2D eigenvalue weighted by Gasteiger charge is 2.37. The SMILES string of the molecule is O=C1c2ccccc2C(O)N1c1ccc2ccc(Br)nc2n1. The monoisotopic (exact) mass is 355 g/mol. The molecule has 1 aliphatic heterocycles. The molecule has 1 N–H and O–H groups in total. The van der Waals surface area contributed by atoms with Crippen LogP contribution in [0.25, 0.3) is 11.0 Å². The Bertz CT molecular complexity index is 913. The molecule has 22 heavy (non-hydrogen) atoms. The molecule has 0 saturated heterocycles. The van der Waals surface area contributed by atoms with Gasteiger partial charge >= 0.3 is 0 Å². The van der Waals surface area contributed by atoms with E-state index in [-0.39, 0.29) is 5.91 Å². The summed E-state index contributed by atoms with van der Waals surface area (Å²) < 4.78 is 0.668. The van der Waals surface area contributed by atoms with Gasteiger partial charge in [-0.15, -0.1) is 0 Å². The Morgan fingerprint density at radius 3 is 2.64 bits per heavy atom. The molecule has 1 aromatic carbocycles. The van der Waals surface area contributed by atoms with Crippen molar-refractivity contribution >= 4 is 38.7 Å². The number of amides is 1. The van der Waals surface area contributed by atoms with Gasteiger partial charge in [-0.1, -0.05) is 18.2 Å². The Balaban J connectivity index is 1.84. The first-order chi connectivity index (χ1) is 10.6. The molecule has 0 bridgehead atoms. The Morgan fingerprint density at radius 1 is 1.05 bits per heavy atom. The molecule has 1 atom stereocenters. The number of benzene rings is 1. The van der Waals surface area contributed by atoms with Crippen molar-refractivity contribution in [1.29, 1.82) is 0 Å². The second-order valence-electron chi connectivity index (χ2n) is 4.99. The number of nitrogens with zero attached hydrogens (tertiary/aromatic N) is 3. The second-order valence-corrected chi connectivity index (χ2v) is 5.80. The normalized spacial score (nSPS) is 17.1. The molecule has 0 aliphatic carbocycles. The molecule has 1 amide bonds. The first kappa shape index (κ1) is 13.4. The van der Waals surface area contributed by atoms with Crippen molar-refractivity contribution < 1.29 is 9.90 Å². The van der Waals surface area contributed by atoms with E-state index < -0.39 is 6.23 Å². The van der Waals surface area contributed by atoms with Crippen LogP contribution in [0.15, 0.2) is 53.1 Å². The van der Waals surface area contributed by atoms with Crippen LogP contribution in [-0.2, 0) is 0 Å².